The predicted molar refractivity (Wildman–Crippen MR) is 148 cm³/mol. The van der Waals surface area contributed by atoms with Crippen LogP contribution in [0.5, 0.6) is 0 Å². The van der Waals surface area contributed by atoms with Gasteiger partial charge in [0.1, 0.15) is 5.70 Å². The summed E-state index contributed by atoms with van der Waals surface area (Å²) in [4.78, 5) is 33.8. The van der Waals surface area contributed by atoms with Crippen molar-refractivity contribution in [3.63, 3.8) is 0 Å². The Hall–Kier alpha value is -3.68. The highest BCUT2D eigenvalue weighted by Gasteiger charge is 2.43. The van der Waals surface area contributed by atoms with E-state index in [0.29, 0.717) is 41.4 Å². The molecule has 1 unspecified atom stereocenters. The molecule has 0 bridgehead atoms. The Labute approximate surface area is 228 Å². The first-order chi connectivity index (χ1) is 18.0. The lowest BCUT2D eigenvalue weighted by atomic mass is 9.92. The first-order valence-corrected chi connectivity index (χ1v) is 13.1. The SMILES string of the molecule is O=C(C1=C(Nc2ccc(Cl)cc2)C(=O)N(CCCn2ccnc2)C1c1ccc(Br)cc1)c1ccccc1. The largest absolute Gasteiger partial charge is 0.351 e. The van der Waals surface area contributed by atoms with Crippen molar-refractivity contribution in [2.45, 2.75) is 19.0 Å². The quantitative estimate of drug-likeness (QED) is 0.231. The molecule has 1 atom stereocenters. The fourth-order valence-corrected chi connectivity index (χ4v) is 4.90. The van der Waals surface area contributed by atoms with Crippen LogP contribution in [0.2, 0.25) is 5.02 Å². The van der Waals surface area contributed by atoms with Crippen LogP contribution in [0.3, 0.4) is 0 Å². The summed E-state index contributed by atoms with van der Waals surface area (Å²) in [7, 11) is 0. The van der Waals surface area contributed by atoms with Gasteiger partial charge in [-0.25, -0.2) is 4.98 Å². The molecule has 4 aromatic rings. The average Bonchev–Trinajstić information content (AvgIpc) is 3.53. The van der Waals surface area contributed by atoms with Crippen molar-refractivity contribution in [2.24, 2.45) is 0 Å². The van der Waals surface area contributed by atoms with Crippen LogP contribution in [0.4, 0.5) is 5.69 Å². The molecule has 0 saturated heterocycles. The van der Waals surface area contributed by atoms with Crippen LogP contribution in [0, 0.1) is 0 Å². The minimum atomic E-state index is -0.536. The maximum Gasteiger partial charge on any atom is 0.271 e. The lowest BCUT2D eigenvalue weighted by molar-refractivity contribution is -0.127. The molecule has 186 valence electrons. The highest BCUT2D eigenvalue weighted by atomic mass is 79.9. The number of Topliss-reactive ketones (excluding diaryl/α,β-unsaturated/α-hetero) is 1. The predicted octanol–water partition coefficient (Wildman–Crippen LogP) is 6.52. The monoisotopic (exact) mass is 574 g/mol. The molecule has 0 saturated carbocycles. The zero-order valence-corrected chi connectivity index (χ0v) is 22.2. The van der Waals surface area contributed by atoms with Crippen molar-refractivity contribution in [3.8, 4) is 0 Å². The van der Waals surface area contributed by atoms with Crippen LogP contribution in [0.15, 0.2) is 113 Å². The van der Waals surface area contributed by atoms with Crippen LogP contribution in [0.1, 0.15) is 28.4 Å². The Balaban J connectivity index is 1.58. The van der Waals surface area contributed by atoms with E-state index in [0.717, 1.165) is 10.0 Å². The molecule has 5 rings (SSSR count). The van der Waals surface area contributed by atoms with E-state index in [1.54, 1.807) is 53.8 Å². The van der Waals surface area contributed by atoms with Gasteiger partial charge in [-0.2, -0.15) is 0 Å². The minimum absolute atomic E-state index is 0.185. The molecule has 1 aliphatic heterocycles. The lowest BCUT2D eigenvalue weighted by Gasteiger charge is -2.27. The van der Waals surface area contributed by atoms with Gasteiger partial charge in [0, 0.05) is 46.2 Å². The average molecular weight is 576 g/mol. The van der Waals surface area contributed by atoms with E-state index < -0.39 is 6.04 Å². The fourth-order valence-electron chi connectivity index (χ4n) is 4.51. The number of rotatable bonds is 9. The third kappa shape index (κ3) is 5.53. The summed E-state index contributed by atoms with van der Waals surface area (Å²) in [5, 5.41) is 3.84. The highest BCUT2D eigenvalue weighted by molar-refractivity contribution is 9.10. The van der Waals surface area contributed by atoms with Crippen LogP contribution in [-0.2, 0) is 11.3 Å². The van der Waals surface area contributed by atoms with Gasteiger partial charge in [-0.1, -0.05) is 70.0 Å². The topological polar surface area (TPSA) is 67.2 Å². The molecule has 0 fully saturated rings. The summed E-state index contributed by atoms with van der Waals surface area (Å²) >= 11 is 9.57. The summed E-state index contributed by atoms with van der Waals surface area (Å²) in [6.45, 7) is 1.17. The van der Waals surface area contributed by atoms with Gasteiger partial charge >= 0.3 is 0 Å². The van der Waals surface area contributed by atoms with Gasteiger partial charge < -0.3 is 14.8 Å². The number of hydrogen-bond acceptors (Lipinski definition) is 4. The van der Waals surface area contributed by atoms with Gasteiger partial charge in [-0.05, 0) is 48.4 Å². The maximum atomic E-state index is 14.0. The van der Waals surface area contributed by atoms with Gasteiger partial charge in [0.2, 0.25) is 0 Å². The van der Waals surface area contributed by atoms with Gasteiger partial charge in [0.15, 0.2) is 5.78 Å². The molecule has 0 radical (unpaired) electrons. The van der Waals surface area contributed by atoms with Crippen LogP contribution in [-0.4, -0.2) is 32.7 Å². The molecule has 2 heterocycles. The van der Waals surface area contributed by atoms with Crippen molar-refractivity contribution in [1.82, 2.24) is 14.5 Å². The highest BCUT2D eigenvalue weighted by Crippen LogP contribution is 2.40. The Bertz CT molecular complexity index is 1420. The summed E-state index contributed by atoms with van der Waals surface area (Å²) in [6, 6.07) is 23.4. The van der Waals surface area contributed by atoms with Crippen molar-refractivity contribution in [1.29, 1.82) is 0 Å². The number of carbonyl (C=O) groups excluding carboxylic acids is 2. The minimum Gasteiger partial charge on any atom is -0.351 e. The number of aryl methyl sites for hydroxylation is 1. The van der Waals surface area contributed by atoms with E-state index in [-0.39, 0.29) is 17.4 Å². The third-order valence-corrected chi connectivity index (χ3v) is 7.06. The van der Waals surface area contributed by atoms with Crippen molar-refractivity contribution in [3.05, 3.63) is 129 Å². The number of nitrogens with zero attached hydrogens (tertiary/aromatic N) is 3. The number of carbonyl (C=O) groups is 2. The van der Waals surface area contributed by atoms with E-state index in [9.17, 15) is 9.59 Å². The molecule has 0 aliphatic carbocycles. The van der Waals surface area contributed by atoms with Crippen LogP contribution < -0.4 is 5.32 Å². The normalized spacial score (nSPS) is 15.4. The Kier molecular flexibility index (Phi) is 7.53. The summed E-state index contributed by atoms with van der Waals surface area (Å²) in [5.74, 6) is -0.400. The Morgan fingerprint density at radius 3 is 2.38 bits per heavy atom. The van der Waals surface area contributed by atoms with Gasteiger partial charge in [0.25, 0.3) is 5.91 Å². The van der Waals surface area contributed by atoms with E-state index in [4.69, 9.17) is 11.6 Å². The number of aromatic nitrogens is 2. The second-order valence-corrected chi connectivity index (χ2v) is 10.1. The second kappa shape index (κ2) is 11.2. The second-order valence-electron chi connectivity index (χ2n) is 8.72. The zero-order valence-electron chi connectivity index (χ0n) is 19.9. The van der Waals surface area contributed by atoms with Crippen LogP contribution >= 0.6 is 27.5 Å². The molecule has 1 aliphatic rings. The molecular weight excluding hydrogens is 552 g/mol. The number of nitrogens with one attached hydrogen (secondary N) is 1. The molecule has 8 heteroatoms. The molecule has 6 nitrogen and oxygen atoms in total. The van der Waals surface area contributed by atoms with Crippen LogP contribution in [0.25, 0.3) is 0 Å². The molecule has 37 heavy (non-hydrogen) atoms. The third-order valence-electron chi connectivity index (χ3n) is 6.28. The van der Waals surface area contributed by atoms with Crippen molar-refractivity contribution >= 4 is 44.9 Å². The number of hydrogen-bond donors (Lipinski definition) is 1. The van der Waals surface area contributed by atoms with E-state index >= 15 is 0 Å². The molecule has 0 spiro atoms. The van der Waals surface area contributed by atoms with Crippen molar-refractivity contribution in [2.75, 3.05) is 11.9 Å². The number of benzene rings is 3. The first-order valence-electron chi connectivity index (χ1n) is 11.9. The molecular formula is C29H24BrClN4O2. The summed E-state index contributed by atoms with van der Waals surface area (Å²) in [6.07, 6.45) is 6.09. The Morgan fingerprint density at radius 1 is 0.973 bits per heavy atom. The van der Waals surface area contributed by atoms with Gasteiger partial charge in [-0.3, -0.25) is 9.59 Å². The van der Waals surface area contributed by atoms with E-state index in [1.165, 1.54) is 0 Å². The number of halogens is 2. The van der Waals surface area contributed by atoms with E-state index in [1.807, 2.05) is 53.2 Å². The first kappa shape index (κ1) is 25.0. The molecule has 1 amide bonds. The fraction of sp³-hybridized carbons (Fsp3) is 0.138. The lowest BCUT2D eigenvalue weighted by Crippen LogP contribution is -2.33. The number of anilines is 1. The van der Waals surface area contributed by atoms with E-state index in [2.05, 4.69) is 26.2 Å². The van der Waals surface area contributed by atoms with Gasteiger partial charge in [-0.15, -0.1) is 0 Å². The number of imidazole rings is 1. The maximum absolute atomic E-state index is 14.0. The smallest absolute Gasteiger partial charge is 0.271 e. The summed E-state index contributed by atoms with van der Waals surface area (Å²) in [5.41, 5.74) is 2.79. The molecule has 3 aromatic carbocycles. The standard InChI is InChI=1S/C29H24BrClN4O2/c30-22-9-7-20(8-10-22)27-25(28(36)21-5-2-1-3-6-21)26(33-24-13-11-23(31)12-14-24)29(37)35(27)17-4-16-34-18-15-32-19-34/h1-3,5-15,18-19,27,33H,4,16-17H2. The zero-order chi connectivity index (χ0) is 25.8. The number of ketones is 1. The number of amides is 1. The Morgan fingerprint density at radius 2 is 1.70 bits per heavy atom. The summed E-state index contributed by atoms with van der Waals surface area (Å²) < 4.78 is 2.90. The van der Waals surface area contributed by atoms with Gasteiger partial charge in [0.05, 0.1) is 17.9 Å². The van der Waals surface area contributed by atoms with Crippen molar-refractivity contribution < 1.29 is 9.59 Å². The molecule has 1 aromatic heterocycles. The molecule has 1 N–H and O–H groups in total.